The van der Waals surface area contributed by atoms with Crippen LogP contribution in [0.5, 0.6) is 0 Å². The van der Waals surface area contributed by atoms with Crippen LogP contribution in [0.4, 0.5) is 4.79 Å². The summed E-state index contributed by atoms with van der Waals surface area (Å²) in [5.74, 6) is -0.381. The van der Waals surface area contributed by atoms with Crippen LogP contribution in [0.2, 0.25) is 0 Å². The Balaban J connectivity index is 2.09. The largest absolute Gasteiger partial charge is 0.467 e. The van der Waals surface area contributed by atoms with Crippen molar-refractivity contribution in [1.82, 2.24) is 4.90 Å². The van der Waals surface area contributed by atoms with Crippen molar-refractivity contribution in [3.8, 4) is 0 Å². The summed E-state index contributed by atoms with van der Waals surface area (Å²) in [7, 11) is 1.35. The van der Waals surface area contributed by atoms with Crippen LogP contribution < -0.4 is 0 Å². The van der Waals surface area contributed by atoms with E-state index >= 15 is 0 Å². The number of rotatable bonds is 6. The van der Waals surface area contributed by atoms with Gasteiger partial charge in [0.2, 0.25) is 0 Å². The van der Waals surface area contributed by atoms with Crippen molar-refractivity contribution >= 4 is 12.1 Å². The van der Waals surface area contributed by atoms with E-state index in [1.54, 1.807) is 6.08 Å². The van der Waals surface area contributed by atoms with Gasteiger partial charge < -0.3 is 9.47 Å². The van der Waals surface area contributed by atoms with Crippen LogP contribution in [0.1, 0.15) is 31.2 Å². The van der Waals surface area contributed by atoms with Gasteiger partial charge in [-0.1, -0.05) is 36.4 Å². The fraction of sp³-hybridized carbons (Fsp3) is 0.444. The molecule has 23 heavy (non-hydrogen) atoms. The normalized spacial score (nSPS) is 20.1. The van der Waals surface area contributed by atoms with Crippen molar-refractivity contribution in [2.75, 3.05) is 13.7 Å². The number of hydrogen-bond donors (Lipinski definition) is 0. The first-order valence-corrected chi connectivity index (χ1v) is 7.81. The molecule has 1 aliphatic heterocycles. The smallest absolute Gasteiger partial charge is 0.411 e. The summed E-state index contributed by atoms with van der Waals surface area (Å²) in [5.41, 5.74) is -0.0220. The van der Waals surface area contributed by atoms with E-state index in [1.807, 2.05) is 30.3 Å². The van der Waals surface area contributed by atoms with E-state index in [0.717, 1.165) is 12.0 Å². The lowest BCUT2D eigenvalue weighted by Gasteiger charge is -2.35. The van der Waals surface area contributed by atoms with Gasteiger partial charge in [-0.05, 0) is 31.2 Å². The van der Waals surface area contributed by atoms with Crippen LogP contribution in [-0.4, -0.2) is 36.2 Å². The molecule has 1 aliphatic rings. The average Bonchev–Trinajstić information content (AvgIpc) is 3.03. The molecule has 2 rings (SSSR count). The number of carbonyl (C=O) groups is 2. The molecular weight excluding hydrogens is 294 g/mol. The van der Waals surface area contributed by atoms with E-state index in [4.69, 9.17) is 9.47 Å². The molecule has 1 unspecified atom stereocenters. The summed E-state index contributed by atoms with van der Waals surface area (Å²) in [4.78, 5) is 26.3. The first-order chi connectivity index (χ1) is 11.1. The van der Waals surface area contributed by atoms with Gasteiger partial charge in [0.25, 0.3) is 0 Å². The molecule has 0 saturated carbocycles. The average molecular weight is 317 g/mol. The summed E-state index contributed by atoms with van der Waals surface area (Å²) in [6.45, 7) is 4.39. The number of amides is 1. The zero-order valence-electron chi connectivity index (χ0n) is 13.5. The fourth-order valence-electron chi connectivity index (χ4n) is 3.05. The topological polar surface area (TPSA) is 55.8 Å². The predicted molar refractivity (Wildman–Crippen MR) is 86.7 cm³/mol. The molecular formula is C18H23NO4. The highest BCUT2D eigenvalue weighted by atomic mass is 16.6. The molecule has 124 valence electrons. The zero-order chi connectivity index (χ0) is 16.7. The Morgan fingerprint density at radius 2 is 2.09 bits per heavy atom. The number of carbonyl (C=O) groups excluding carboxylic acids is 2. The molecule has 0 radical (unpaired) electrons. The summed E-state index contributed by atoms with van der Waals surface area (Å²) in [5, 5.41) is 0. The number of methoxy groups -OCH3 is 1. The van der Waals surface area contributed by atoms with Crippen LogP contribution in [0.15, 0.2) is 43.0 Å². The Hall–Kier alpha value is -2.30. The van der Waals surface area contributed by atoms with Gasteiger partial charge in [0.15, 0.2) is 0 Å². The minimum atomic E-state index is -0.934. The predicted octanol–water partition coefficient (Wildman–Crippen LogP) is 3.30. The van der Waals surface area contributed by atoms with Crippen LogP contribution in [0, 0.1) is 0 Å². The Bertz CT molecular complexity index is 557. The molecule has 0 N–H and O–H groups in total. The molecule has 0 aliphatic carbocycles. The van der Waals surface area contributed by atoms with Crippen molar-refractivity contribution in [2.24, 2.45) is 0 Å². The lowest BCUT2D eigenvalue weighted by molar-refractivity contribution is -0.153. The zero-order valence-corrected chi connectivity index (χ0v) is 13.5. The van der Waals surface area contributed by atoms with Crippen molar-refractivity contribution in [2.45, 2.75) is 37.8 Å². The van der Waals surface area contributed by atoms with Gasteiger partial charge in [-0.15, -0.1) is 6.58 Å². The fourth-order valence-corrected chi connectivity index (χ4v) is 3.05. The maximum atomic E-state index is 12.5. The van der Waals surface area contributed by atoms with Crippen molar-refractivity contribution in [3.05, 3.63) is 48.6 Å². The minimum Gasteiger partial charge on any atom is -0.467 e. The van der Waals surface area contributed by atoms with E-state index < -0.39 is 11.6 Å². The summed E-state index contributed by atoms with van der Waals surface area (Å²) < 4.78 is 10.4. The van der Waals surface area contributed by atoms with E-state index in [0.29, 0.717) is 25.8 Å². The molecule has 1 aromatic carbocycles. The molecule has 1 fully saturated rings. The van der Waals surface area contributed by atoms with Gasteiger partial charge >= 0.3 is 12.1 Å². The molecule has 1 aromatic rings. The molecule has 1 atom stereocenters. The van der Waals surface area contributed by atoms with Gasteiger partial charge in [-0.2, -0.15) is 0 Å². The molecule has 1 saturated heterocycles. The van der Waals surface area contributed by atoms with Crippen LogP contribution >= 0.6 is 0 Å². The number of hydrogen-bond acceptors (Lipinski definition) is 4. The Labute approximate surface area is 136 Å². The van der Waals surface area contributed by atoms with E-state index in [9.17, 15) is 9.59 Å². The van der Waals surface area contributed by atoms with E-state index in [2.05, 4.69) is 6.58 Å². The third kappa shape index (κ3) is 3.73. The number of esters is 1. The quantitative estimate of drug-likeness (QED) is 0.597. The molecule has 0 aromatic heterocycles. The molecule has 5 heteroatoms. The van der Waals surface area contributed by atoms with Gasteiger partial charge in [-0.25, -0.2) is 9.59 Å². The standard InChI is InChI=1S/C18H23NO4/c1-3-4-11-18(16(20)22-2)12-8-13-19(18)17(21)23-14-15-9-6-5-7-10-15/h3,5-7,9-10H,1,4,8,11-14H2,2H3. The second-order valence-corrected chi connectivity index (χ2v) is 5.65. The van der Waals surface area contributed by atoms with Gasteiger partial charge in [0.1, 0.15) is 12.1 Å². The summed E-state index contributed by atoms with van der Waals surface area (Å²) in [6, 6.07) is 9.47. The highest BCUT2D eigenvalue weighted by Crippen LogP contribution is 2.35. The van der Waals surface area contributed by atoms with Crippen molar-refractivity contribution in [3.63, 3.8) is 0 Å². The van der Waals surface area contributed by atoms with Crippen molar-refractivity contribution < 1.29 is 19.1 Å². The van der Waals surface area contributed by atoms with E-state index in [-0.39, 0.29) is 12.6 Å². The van der Waals surface area contributed by atoms with Crippen LogP contribution in [0.3, 0.4) is 0 Å². The lowest BCUT2D eigenvalue weighted by atomic mass is 9.90. The molecule has 0 spiro atoms. The first-order valence-electron chi connectivity index (χ1n) is 7.81. The second kappa shape index (κ2) is 7.81. The lowest BCUT2D eigenvalue weighted by Crippen LogP contribution is -2.53. The monoisotopic (exact) mass is 317 g/mol. The third-order valence-electron chi connectivity index (χ3n) is 4.24. The van der Waals surface area contributed by atoms with E-state index in [1.165, 1.54) is 12.0 Å². The second-order valence-electron chi connectivity index (χ2n) is 5.65. The highest BCUT2D eigenvalue weighted by Gasteiger charge is 2.50. The Morgan fingerprint density at radius 3 is 2.74 bits per heavy atom. The number of nitrogens with zero attached hydrogens (tertiary/aromatic N) is 1. The number of allylic oxidation sites excluding steroid dienone is 1. The summed E-state index contributed by atoms with van der Waals surface area (Å²) >= 11 is 0. The number of benzene rings is 1. The van der Waals surface area contributed by atoms with Crippen LogP contribution in [0.25, 0.3) is 0 Å². The highest BCUT2D eigenvalue weighted by molar-refractivity contribution is 5.86. The molecule has 0 bridgehead atoms. The minimum absolute atomic E-state index is 0.189. The molecule has 1 heterocycles. The first kappa shape index (κ1) is 17.1. The molecule has 1 amide bonds. The molecule has 5 nitrogen and oxygen atoms in total. The SMILES string of the molecule is C=CCCC1(C(=O)OC)CCCN1C(=O)OCc1ccccc1. The van der Waals surface area contributed by atoms with Crippen molar-refractivity contribution in [1.29, 1.82) is 0 Å². The Kier molecular flexibility index (Phi) is 5.79. The van der Waals surface area contributed by atoms with Crippen LogP contribution in [-0.2, 0) is 20.9 Å². The van der Waals surface area contributed by atoms with Gasteiger partial charge in [0.05, 0.1) is 7.11 Å². The maximum absolute atomic E-state index is 12.5. The van der Waals surface area contributed by atoms with Gasteiger partial charge in [-0.3, -0.25) is 4.90 Å². The number of ether oxygens (including phenoxy) is 2. The Morgan fingerprint density at radius 1 is 1.35 bits per heavy atom. The van der Waals surface area contributed by atoms with Gasteiger partial charge in [0, 0.05) is 6.54 Å². The number of likely N-dealkylation sites (tertiary alicyclic amines) is 1. The third-order valence-corrected chi connectivity index (χ3v) is 4.24. The summed E-state index contributed by atoms with van der Waals surface area (Å²) in [6.07, 6.45) is 3.76. The maximum Gasteiger partial charge on any atom is 0.411 e.